The van der Waals surface area contributed by atoms with Gasteiger partial charge in [0.2, 0.25) is 5.91 Å². The topological polar surface area (TPSA) is 29.1 Å². The van der Waals surface area contributed by atoms with Crippen LogP contribution in [0.5, 0.6) is 0 Å². The lowest BCUT2D eigenvalue weighted by Gasteiger charge is -2.11. The fourth-order valence-corrected chi connectivity index (χ4v) is 1.41. The third kappa shape index (κ3) is 3.29. The molecule has 0 aliphatic carbocycles. The van der Waals surface area contributed by atoms with Crippen LogP contribution in [-0.4, -0.2) is 5.91 Å². The highest BCUT2D eigenvalue weighted by Crippen LogP contribution is 2.16. The van der Waals surface area contributed by atoms with Crippen LogP contribution in [0.25, 0.3) is 0 Å². The fourth-order valence-electron chi connectivity index (χ4n) is 1.41. The van der Waals surface area contributed by atoms with Gasteiger partial charge in [0.25, 0.3) is 0 Å². The summed E-state index contributed by atoms with van der Waals surface area (Å²) in [5.74, 6) is -1.82. The molecule has 0 saturated heterocycles. The number of carbonyl (C=O) groups excluding carboxylic acids is 1. The van der Waals surface area contributed by atoms with Crippen LogP contribution in [0.3, 0.4) is 0 Å². The third-order valence-corrected chi connectivity index (χ3v) is 2.36. The normalized spacial score (nSPS) is 12.2. The zero-order valence-corrected chi connectivity index (χ0v) is 9.39. The minimum atomic E-state index is -0.753. The lowest BCUT2D eigenvalue weighted by atomic mass is 10.1. The Morgan fingerprint density at radius 2 is 2.12 bits per heavy atom. The minimum absolute atomic E-state index is 0.0225. The molecule has 1 aromatic carbocycles. The molecule has 0 fully saturated rings. The lowest BCUT2D eigenvalue weighted by Crippen LogP contribution is -2.20. The second-order valence-electron chi connectivity index (χ2n) is 3.80. The molecule has 2 nitrogen and oxygen atoms in total. The molecular formula is C12H15F2NO. The predicted molar refractivity (Wildman–Crippen MR) is 59.1 cm³/mol. The first kappa shape index (κ1) is 12.6. The van der Waals surface area contributed by atoms with E-state index in [-0.39, 0.29) is 17.5 Å². The van der Waals surface area contributed by atoms with E-state index in [0.29, 0.717) is 0 Å². The largest absolute Gasteiger partial charge is 0.323 e. The van der Waals surface area contributed by atoms with Crippen molar-refractivity contribution in [2.75, 3.05) is 5.32 Å². The van der Waals surface area contributed by atoms with E-state index in [9.17, 15) is 13.6 Å². The van der Waals surface area contributed by atoms with Crippen molar-refractivity contribution in [1.82, 2.24) is 0 Å². The first-order valence-corrected chi connectivity index (χ1v) is 5.30. The average molecular weight is 227 g/mol. The fraction of sp³-hybridized carbons (Fsp3) is 0.417. The van der Waals surface area contributed by atoms with Gasteiger partial charge in [0.05, 0.1) is 5.69 Å². The van der Waals surface area contributed by atoms with Gasteiger partial charge in [-0.2, -0.15) is 0 Å². The Labute approximate surface area is 93.7 Å². The molecule has 1 aromatic rings. The number of hydrogen-bond acceptors (Lipinski definition) is 1. The van der Waals surface area contributed by atoms with E-state index in [1.165, 1.54) is 6.07 Å². The van der Waals surface area contributed by atoms with Crippen molar-refractivity contribution in [3.05, 3.63) is 29.8 Å². The molecule has 1 amide bonds. The number of rotatable bonds is 4. The number of halogens is 2. The van der Waals surface area contributed by atoms with Crippen LogP contribution in [0, 0.1) is 17.6 Å². The quantitative estimate of drug-likeness (QED) is 0.839. The number of hydrogen-bond donors (Lipinski definition) is 1. The lowest BCUT2D eigenvalue weighted by molar-refractivity contribution is -0.119. The Hall–Kier alpha value is -1.45. The van der Waals surface area contributed by atoms with Gasteiger partial charge in [0.1, 0.15) is 11.6 Å². The molecule has 0 heterocycles. The summed E-state index contributed by atoms with van der Waals surface area (Å²) in [4.78, 5) is 11.6. The van der Waals surface area contributed by atoms with Crippen molar-refractivity contribution in [3.63, 3.8) is 0 Å². The summed E-state index contributed by atoms with van der Waals surface area (Å²) < 4.78 is 25.8. The Morgan fingerprint density at radius 1 is 1.44 bits per heavy atom. The summed E-state index contributed by atoms with van der Waals surface area (Å²) in [7, 11) is 0. The van der Waals surface area contributed by atoms with E-state index in [0.717, 1.165) is 25.0 Å². The summed E-state index contributed by atoms with van der Waals surface area (Å²) in [5.41, 5.74) is 0.0225. The van der Waals surface area contributed by atoms with Gasteiger partial charge in [0, 0.05) is 12.0 Å². The molecule has 0 aliphatic heterocycles. The zero-order valence-electron chi connectivity index (χ0n) is 9.39. The number of amides is 1. The van der Waals surface area contributed by atoms with Crippen LogP contribution in [0.2, 0.25) is 0 Å². The first-order valence-electron chi connectivity index (χ1n) is 5.30. The van der Waals surface area contributed by atoms with Gasteiger partial charge >= 0.3 is 0 Å². The van der Waals surface area contributed by atoms with Crippen molar-refractivity contribution >= 4 is 11.6 Å². The van der Waals surface area contributed by atoms with Gasteiger partial charge in [-0.15, -0.1) is 0 Å². The number of anilines is 1. The first-order chi connectivity index (χ1) is 7.54. The summed E-state index contributed by atoms with van der Waals surface area (Å²) in [5, 5.41) is 2.44. The van der Waals surface area contributed by atoms with Gasteiger partial charge in [-0.3, -0.25) is 4.79 Å². The van der Waals surface area contributed by atoms with Gasteiger partial charge in [-0.1, -0.05) is 20.3 Å². The summed E-state index contributed by atoms with van der Waals surface area (Å²) in [6.45, 7) is 3.75. The van der Waals surface area contributed by atoms with Gasteiger partial charge in [0.15, 0.2) is 0 Å². The Kier molecular flexibility index (Phi) is 4.40. The SMILES string of the molecule is CCCC(C)C(=O)Nc1ccc(F)cc1F. The zero-order chi connectivity index (χ0) is 12.1. The van der Waals surface area contributed by atoms with E-state index < -0.39 is 11.6 Å². The molecule has 1 atom stereocenters. The Bertz CT molecular complexity index is 379. The Morgan fingerprint density at radius 3 is 2.69 bits per heavy atom. The third-order valence-electron chi connectivity index (χ3n) is 2.36. The summed E-state index contributed by atoms with van der Waals surface area (Å²) in [6, 6.07) is 3.09. The van der Waals surface area contributed by atoms with E-state index >= 15 is 0 Å². The molecule has 0 saturated carbocycles. The van der Waals surface area contributed by atoms with Crippen LogP contribution >= 0.6 is 0 Å². The Balaban J connectivity index is 2.69. The highest BCUT2D eigenvalue weighted by molar-refractivity contribution is 5.92. The molecule has 0 aliphatic rings. The molecule has 0 aromatic heterocycles. The van der Waals surface area contributed by atoms with Crippen molar-refractivity contribution in [1.29, 1.82) is 0 Å². The molecule has 1 N–H and O–H groups in total. The molecule has 16 heavy (non-hydrogen) atoms. The van der Waals surface area contributed by atoms with E-state index in [1.54, 1.807) is 6.92 Å². The van der Waals surface area contributed by atoms with Crippen LogP contribution in [0.1, 0.15) is 26.7 Å². The van der Waals surface area contributed by atoms with Crippen LogP contribution in [0.4, 0.5) is 14.5 Å². The van der Waals surface area contributed by atoms with Crippen LogP contribution < -0.4 is 5.32 Å². The van der Waals surface area contributed by atoms with Crippen molar-refractivity contribution in [2.45, 2.75) is 26.7 Å². The van der Waals surface area contributed by atoms with Crippen molar-refractivity contribution in [2.24, 2.45) is 5.92 Å². The maximum absolute atomic E-state index is 13.2. The second-order valence-corrected chi connectivity index (χ2v) is 3.80. The molecular weight excluding hydrogens is 212 g/mol. The van der Waals surface area contributed by atoms with Gasteiger partial charge in [-0.25, -0.2) is 8.78 Å². The predicted octanol–water partition coefficient (Wildman–Crippen LogP) is 3.34. The maximum Gasteiger partial charge on any atom is 0.227 e. The smallest absolute Gasteiger partial charge is 0.227 e. The number of nitrogens with one attached hydrogen (secondary N) is 1. The van der Waals surface area contributed by atoms with Crippen molar-refractivity contribution in [3.8, 4) is 0 Å². The molecule has 88 valence electrons. The molecule has 0 radical (unpaired) electrons. The average Bonchev–Trinajstić information content (AvgIpc) is 2.22. The molecule has 0 spiro atoms. The highest BCUT2D eigenvalue weighted by Gasteiger charge is 2.13. The van der Waals surface area contributed by atoms with Crippen LogP contribution in [0.15, 0.2) is 18.2 Å². The molecule has 1 unspecified atom stereocenters. The second kappa shape index (κ2) is 5.58. The standard InChI is InChI=1S/C12H15F2NO/c1-3-4-8(2)12(16)15-11-6-5-9(13)7-10(11)14/h5-8H,3-4H2,1-2H3,(H,15,16). The van der Waals surface area contributed by atoms with E-state index in [2.05, 4.69) is 5.32 Å². The van der Waals surface area contributed by atoms with E-state index in [4.69, 9.17) is 0 Å². The molecule has 4 heteroatoms. The maximum atomic E-state index is 13.2. The van der Waals surface area contributed by atoms with Crippen molar-refractivity contribution < 1.29 is 13.6 Å². The molecule has 1 rings (SSSR count). The summed E-state index contributed by atoms with van der Waals surface area (Å²) >= 11 is 0. The minimum Gasteiger partial charge on any atom is -0.323 e. The molecule has 0 bridgehead atoms. The highest BCUT2D eigenvalue weighted by atomic mass is 19.1. The summed E-state index contributed by atoms with van der Waals surface area (Å²) in [6.07, 6.45) is 1.63. The van der Waals surface area contributed by atoms with Gasteiger partial charge < -0.3 is 5.32 Å². The number of benzene rings is 1. The van der Waals surface area contributed by atoms with Gasteiger partial charge in [-0.05, 0) is 18.6 Å². The monoisotopic (exact) mass is 227 g/mol. The van der Waals surface area contributed by atoms with E-state index in [1.807, 2.05) is 6.92 Å². The van der Waals surface area contributed by atoms with Crippen LogP contribution in [-0.2, 0) is 4.79 Å². The number of carbonyl (C=O) groups is 1.